The number of halogens is 4. The lowest BCUT2D eigenvalue weighted by Gasteiger charge is -2.33. The first-order valence-electron chi connectivity index (χ1n) is 7.83. The number of carbonyl (C=O) groups is 3. The lowest BCUT2D eigenvalue weighted by Crippen LogP contribution is -2.57. The fraction of sp³-hybridized carbons (Fsp3) is 0.353. The standard InChI is InChI=1S/C17H16ClF3N2O4/c1-27-15(25)9-13-16(26)22-6-7-23(13)14(24)5-3-10-2-4-12(18)11(8-10)17(19,20)21/h2-5,8,13H,6-7,9H2,1H3,(H,22,26)/b5-3+. The Hall–Kier alpha value is -2.55. The second-order valence-corrected chi connectivity index (χ2v) is 6.10. The van der Waals surface area contributed by atoms with Gasteiger partial charge in [-0.2, -0.15) is 13.2 Å². The second-order valence-electron chi connectivity index (χ2n) is 5.69. The monoisotopic (exact) mass is 404 g/mol. The Morgan fingerprint density at radius 3 is 2.74 bits per heavy atom. The Bertz CT molecular complexity index is 780. The maximum absolute atomic E-state index is 12.9. The van der Waals surface area contributed by atoms with Gasteiger partial charge in [-0.1, -0.05) is 17.7 Å². The number of ether oxygens (including phenoxy) is 1. The second kappa shape index (κ2) is 8.43. The summed E-state index contributed by atoms with van der Waals surface area (Å²) in [6.45, 7) is 0.361. The van der Waals surface area contributed by atoms with Gasteiger partial charge in [-0.15, -0.1) is 0 Å². The van der Waals surface area contributed by atoms with Crippen LogP contribution in [0, 0.1) is 0 Å². The van der Waals surface area contributed by atoms with Crippen LogP contribution in [0.5, 0.6) is 0 Å². The predicted octanol–water partition coefficient (Wildman–Crippen LogP) is 2.26. The minimum absolute atomic E-state index is 0.117. The van der Waals surface area contributed by atoms with Gasteiger partial charge in [-0.25, -0.2) is 0 Å². The molecule has 0 aliphatic carbocycles. The number of alkyl halides is 3. The van der Waals surface area contributed by atoms with Crippen LogP contribution in [0.4, 0.5) is 13.2 Å². The van der Waals surface area contributed by atoms with E-state index >= 15 is 0 Å². The number of carbonyl (C=O) groups excluding carboxylic acids is 3. The molecule has 0 bridgehead atoms. The zero-order valence-corrected chi connectivity index (χ0v) is 14.9. The van der Waals surface area contributed by atoms with Gasteiger partial charge in [0, 0.05) is 19.2 Å². The quantitative estimate of drug-likeness (QED) is 0.617. The van der Waals surface area contributed by atoms with Gasteiger partial charge in [0.2, 0.25) is 11.8 Å². The lowest BCUT2D eigenvalue weighted by atomic mass is 10.1. The van der Waals surface area contributed by atoms with Crippen LogP contribution >= 0.6 is 11.6 Å². The summed E-state index contributed by atoms with van der Waals surface area (Å²) in [6, 6.07) is 2.19. The summed E-state index contributed by atoms with van der Waals surface area (Å²) in [4.78, 5) is 37.0. The van der Waals surface area contributed by atoms with Gasteiger partial charge in [0.25, 0.3) is 0 Å². The zero-order chi connectivity index (χ0) is 20.2. The third-order valence-corrected chi connectivity index (χ3v) is 4.25. The van der Waals surface area contributed by atoms with Crippen molar-refractivity contribution in [2.75, 3.05) is 20.2 Å². The molecule has 1 atom stereocenters. The molecule has 1 unspecified atom stereocenters. The Balaban J connectivity index is 2.19. The molecule has 0 radical (unpaired) electrons. The maximum atomic E-state index is 12.9. The normalized spacial score (nSPS) is 17.7. The molecule has 2 rings (SSSR count). The van der Waals surface area contributed by atoms with Crippen LogP contribution < -0.4 is 5.32 Å². The van der Waals surface area contributed by atoms with Crippen LogP contribution in [0.3, 0.4) is 0 Å². The molecule has 0 aromatic heterocycles. The summed E-state index contributed by atoms with van der Waals surface area (Å²) in [5.41, 5.74) is -0.897. The van der Waals surface area contributed by atoms with Crippen molar-refractivity contribution in [3.05, 3.63) is 40.4 Å². The van der Waals surface area contributed by atoms with Crippen LogP contribution in [0.1, 0.15) is 17.5 Å². The first-order valence-corrected chi connectivity index (χ1v) is 8.21. The van der Waals surface area contributed by atoms with Gasteiger partial charge in [0.05, 0.1) is 24.1 Å². The van der Waals surface area contributed by atoms with Crippen molar-refractivity contribution < 1.29 is 32.3 Å². The van der Waals surface area contributed by atoms with E-state index in [1.54, 1.807) is 0 Å². The van der Waals surface area contributed by atoms with Crippen LogP contribution in [0.15, 0.2) is 24.3 Å². The highest BCUT2D eigenvalue weighted by Gasteiger charge is 2.35. The van der Waals surface area contributed by atoms with E-state index in [1.807, 2.05) is 0 Å². The maximum Gasteiger partial charge on any atom is 0.417 e. The third kappa shape index (κ3) is 5.22. The van der Waals surface area contributed by atoms with E-state index in [9.17, 15) is 27.6 Å². The number of methoxy groups -OCH3 is 1. The number of benzene rings is 1. The Labute approximate surface area is 157 Å². The number of hydrogen-bond donors (Lipinski definition) is 1. The number of piperazine rings is 1. The van der Waals surface area contributed by atoms with E-state index in [0.29, 0.717) is 0 Å². The molecule has 1 aliphatic rings. The molecule has 1 N–H and O–H groups in total. The average Bonchev–Trinajstić information content (AvgIpc) is 2.61. The van der Waals surface area contributed by atoms with E-state index in [2.05, 4.69) is 10.1 Å². The molecular weight excluding hydrogens is 389 g/mol. The fourth-order valence-electron chi connectivity index (χ4n) is 2.55. The molecule has 1 heterocycles. The van der Waals surface area contributed by atoms with Crippen molar-refractivity contribution >= 4 is 35.5 Å². The van der Waals surface area contributed by atoms with E-state index in [4.69, 9.17) is 11.6 Å². The van der Waals surface area contributed by atoms with Gasteiger partial charge in [-0.3, -0.25) is 14.4 Å². The van der Waals surface area contributed by atoms with Crippen LogP contribution in [-0.2, 0) is 25.3 Å². The number of amides is 2. The largest absolute Gasteiger partial charge is 0.469 e. The fourth-order valence-corrected chi connectivity index (χ4v) is 2.77. The van der Waals surface area contributed by atoms with Gasteiger partial charge < -0.3 is 15.0 Å². The van der Waals surface area contributed by atoms with Crippen LogP contribution in [-0.4, -0.2) is 48.9 Å². The lowest BCUT2D eigenvalue weighted by molar-refractivity contribution is -0.148. The first-order chi connectivity index (χ1) is 12.6. The molecule has 6 nitrogen and oxygen atoms in total. The summed E-state index contributed by atoms with van der Waals surface area (Å²) in [5, 5.41) is 2.10. The van der Waals surface area contributed by atoms with Crippen molar-refractivity contribution in [3.8, 4) is 0 Å². The topological polar surface area (TPSA) is 75.7 Å². The molecule has 1 aromatic rings. The summed E-state index contributed by atoms with van der Waals surface area (Å²) in [7, 11) is 1.16. The number of nitrogens with one attached hydrogen (secondary N) is 1. The van der Waals surface area contributed by atoms with Crippen LogP contribution in [0.2, 0.25) is 5.02 Å². The predicted molar refractivity (Wildman–Crippen MR) is 90.6 cm³/mol. The van der Waals surface area contributed by atoms with E-state index in [0.717, 1.165) is 25.3 Å². The molecule has 1 fully saturated rings. The van der Waals surface area contributed by atoms with Crippen LogP contribution in [0.25, 0.3) is 6.08 Å². The minimum atomic E-state index is -4.62. The number of rotatable bonds is 4. The van der Waals surface area contributed by atoms with Gasteiger partial charge >= 0.3 is 12.1 Å². The average molecular weight is 405 g/mol. The molecular formula is C17H16ClF3N2O4. The summed E-state index contributed by atoms with van der Waals surface area (Å²) >= 11 is 5.56. The number of nitrogens with zero attached hydrogens (tertiary/aromatic N) is 1. The molecule has 2 amide bonds. The van der Waals surface area contributed by atoms with E-state index < -0.39 is 40.6 Å². The summed E-state index contributed by atoms with van der Waals surface area (Å²) < 4.78 is 43.2. The third-order valence-electron chi connectivity index (χ3n) is 3.92. The van der Waals surface area contributed by atoms with Crippen molar-refractivity contribution in [1.82, 2.24) is 10.2 Å². The highest BCUT2D eigenvalue weighted by Crippen LogP contribution is 2.35. The summed E-state index contributed by atoms with van der Waals surface area (Å²) in [6.07, 6.45) is -2.70. The van der Waals surface area contributed by atoms with Crippen molar-refractivity contribution in [2.24, 2.45) is 0 Å². The van der Waals surface area contributed by atoms with Crippen molar-refractivity contribution in [3.63, 3.8) is 0 Å². The van der Waals surface area contributed by atoms with E-state index in [1.165, 1.54) is 17.0 Å². The van der Waals surface area contributed by atoms with Crippen molar-refractivity contribution in [2.45, 2.75) is 18.6 Å². The molecule has 1 aromatic carbocycles. The van der Waals surface area contributed by atoms with Gasteiger partial charge in [0.15, 0.2) is 0 Å². The van der Waals surface area contributed by atoms with E-state index in [-0.39, 0.29) is 25.1 Å². The molecule has 10 heteroatoms. The van der Waals surface area contributed by atoms with Crippen molar-refractivity contribution in [1.29, 1.82) is 0 Å². The Kier molecular flexibility index (Phi) is 6.48. The summed E-state index contributed by atoms with van der Waals surface area (Å²) in [5.74, 6) is -1.77. The van der Waals surface area contributed by atoms with Gasteiger partial charge in [-0.05, 0) is 23.8 Å². The number of esters is 1. The molecule has 1 aliphatic heterocycles. The zero-order valence-electron chi connectivity index (χ0n) is 14.2. The SMILES string of the molecule is COC(=O)CC1C(=O)NCCN1C(=O)/C=C/c1ccc(Cl)c(C(F)(F)F)c1. The molecule has 27 heavy (non-hydrogen) atoms. The minimum Gasteiger partial charge on any atom is -0.469 e. The Morgan fingerprint density at radius 1 is 1.41 bits per heavy atom. The molecule has 0 saturated carbocycles. The first kappa shape index (κ1) is 20.8. The smallest absolute Gasteiger partial charge is 0.417 e. The Morgan fingerprint density at radius 2 is 2.11 bits per heavy atom. The highest BCUT2D eigenvalue weighted by molar-refractivity contribution is 6.31. The molecule has 0 spiro atoms. The van der Waals surface area contributed by atoms with Gasteiger partial charge in [0.1, 0.15) is 6.04 Å². The molecule has 146 valence electrons. The highest BCUT2D eigenvalue weighted by atomic mass is 35.5. The number of hydrogen-bond acceptors (Lipinski definition) is 4. The molecule has 1 saturated heterocycles.